The molecule has 0 radical (unpaired) electrons. The molecule has 0 aromatic carbocycles. The second-order valence-corrected chi connectivity index (χ2v) is 9.86. The zero-order valence-corrected chi connectivity index (χ0v) is 19.1. The summed E-state index contributed by atoms with van der Waals surface area (Å²) in [5.41, 5.74) is 0. The van der Waals surface area contributed by atoms with E-state index < -0.39 is 0 Å². The van der Waals surface area contributed by atoms with Crippen molar-refractivity contribution in [2.24, 2.45) is 23.7 Å². The fourth-order valence-corrected chi connectivity index (χ4v) is 5.21. The van der Waals surface area contributed by atoms with Gasteiger partial charge in [0.05, 0.1) is 26.4 Å². The molecule has 0 bridgehead atoms. The van der Waals surface area contributed by atoms with Crippen molar-refractivity contribution in [2.45, 2.75) is 110 Å². The number of rotatable bonds is 11. The van der Waals surface area contributed by atoms with Crippen molar-refractivity contribution in [3.05, 3.63) is 0 Å². The van der Waals surface area contributed by atoms with Crippen LogP contribution in [0.2, 0.25) is 0 Å². The van der Waals surface area contributed by atoms with Gasteiger partial charge in [-0.15, -0.1) is 0 Å². The van der Waals surface area contributed by atoms with E-state index >= 15 is 0 Å². The van der Waals surface area contributed by atoms with Crippen LogP contribution >= 0.6 is 0 Å². The van der Waals surface area contributed by atoms with Gasteiger partial charge >= 0.3 is 0 Å². The van der Waals surface area contributed by atoms with Crippen LogP contribution in [0.3, 0.4) is 0 Å². The van der Waals surface area contributed by atoms with E-state index in [4.69, 9.17) is 18.9 Å². The molecule has 0 spiro atoms. The van der Waals surface area contributed by atoms with Gasteiger partial charge < -0.3 is 18.9 Å². The van der Waals surface area contributed by atoms with Crippen LogP contribution < -0.4 is 0 Å². The van der Waals surface area contributed by atoms with Crippen molar-refractivity contribution >= 4 is 0 Å². The Labute approximate surface area is 179 Å². The third-order valence-corrected chi connectivity index (χ3v) is 7.30. The predicted octanol–water partition coefficient (Wildman–Crippen LogP) is 6.32. The molecular weight excluding hydrogens is 364 g/mol. The summed E-state index contributed by atoms with van der Waals surface area (Å²) in [6.07, 6.45) is 16.7. The molecule has 0 N–H and O–H groups in total. The van der Waals surface area contributed by atoms with Crippen molar-refractivity contribution in [1.82, 2.24) is 0 Å². The molecule has 3 rings (SSSR count). The van der Waals surface area contributed by atoms with Crippen LogP contribution in [0.25, 0.3) is 0 Å². The van der Waals surface area contributed by atoms with E-state index in [1.807, 2.05) is 0 Å². The zero-order valence-electron chi connectivity index (χ0n) is 19.1. The van der Waals surface area contributed by atoms with Gasteiger partial charge in [-0.3, -0.25) is 0 Å². The summed E-state index contributed by atoms with van der Waals surface area (Å²) in [7, 11) is 0. The normalized spacial score (nSPS) is 36.2. The molecule has 2 aliphatic heterocycles. The second-order valence-electron chi connectivity index (χ2n) is 9.86. The maximum atomic E-state index is 6.15. The van der Waals surface area contributed by atoms with Gasteiger partial charge in [0.15, 0.2) is 12.6 Å². The van der Waals surface area contributed by atoms with Crippen molar-refractivity contribution in [2.75, 3.05) is 26.4 Å². The first-order valence-electron chi connectivity index (χ1n) is 12.7. The minimum atomic E-state index is -0.0199. The molecule has 0 amide bonds. The minimum Gasteiger partial charge on any atom is -0.352 e. The Morgan fingerprint density at radius 3 is 1.79 bits per heavy atom. The smallest absolute Gasteiger partial charge is 0.160 e. The SMILES string of the molecule is CCCCC[C@H]1CO[C@H](CC[C@H]2CO[C@H](C3CCC(CCCC)CC3)OC2)OC1. The zero-order chi connectivity index (χ0) is 20.3. The van der Waals surface area contributed by atoms with Crippen molar-refractivity contribution in [3.63, 3.8) is 0 Å². The van der Waals surface area contributed by atoms with Crippen molar-refractivity contribution < 1.29 is 18.9 Å². The van der Waals surface area contributed by atoms with Gasteiger partial charge in [0, 0.05) is 17.8 Å². The molecular formula is C25H46O4. The standard InChI is InChI=1S/C25H46O4/c1-3-5-7-9-21-16-26-24(27-17-21)15-12-22-18-28-25(29-19-22)23-13-10-20(11-14-23)8-6-4-2/h20-25H,3-19H2,1-2H3/t20?,21-,22-,23?,24-,25-. The summed E-state index contributed by atoms with van der Waals surface area (Å²) in [5, 5.41) is 0. The van der Waals surface area contributed by atoms with E-state index in [0.29, 0.717) is 17.8 Å². The highest BCUT2D eigenvalue weighted by Gasteiger charge is 2.33. The molecule has 0 unspecified atom stereocenters. The summed E-state index contributed by atoms with van der Waals surface area (Å²) >= 11 is 0. The van der Waals surface area contributed by atoms with E-state index in [1.165, 1.54) is 70.6 Å². The molecule has 29 heavy (non-hydrogen) atoms. The van der Waals surface area contributed by atoms with Gasteiger partial charge in [0.2, 0.25) is 0 Å². The van der Waals surface area contributed by atoms with Gasteiger partial charge in [0.1, 0.15) is 0 Å². The fraction of sp³-hybridized carbons (Fsp3) is 1.00. The summed E-state index contributed by atoms with van der Waals surface area (Å²) in [6, 6.07) is 0. The molecule has 2 saturated heterocycles. The van der Waals surface area contributed by atoms with E-state index in [2.05, 4.69) is 13.8 Å². The molecule has 4 heteroatoms. The molecule has 4 nitrogen and oxygen atoms in total. The van der Waals surface area contributed by atoms with Crippen LogP contribution in [-0.4, -0.2) is 39.0 Å². The Hall–Kier alpha value is -0.160. The summed E-state index contributed by atoms with van der Waals surface area (Å²) in [5.74, 6) is 2.64. The second kappa shape index (κ2) is 13.3. The van der Waals surface area contributed by atoms with E-state index in [-0.39, 0.29) is 12.6 Å². The third-order valence-electron chi connectivity index (χ3n) is 7.30. The maximum absolute atomic E-state index is 6.15. The molecule has 170 valence electrons. The average molecular weight is 411 g/mol. The van der Waals surface area contributed by atoms with Gasteiger partial charge in [-0.1, -0.05) is 52.4 Å². The first-order chi connectivity index (χ1) is 14.3. The highest BCUT2D eigenvalue weighted by molar-refractivity contribution is 4.77. The lowest BCUT2D eigenvalue weighted by Gasteiger charge is -2.38. The summed E-state index contributed by atoms with van der Waals surface area (Å²) in [6.45, 7) is 7.97. The number of hydrogen-bond acceptors (Lipinski definition) is 4. The van der Waals surface area contributed by atoms with Crippen LogP contribution in [-0.2, 0) is 18.9 Å². The first kappa shape index (κ1) is 23.5. The Morgan fingerprint density at radius 2 is 1.14 bits per heavy atom. The molecule has 1 saturated carbocycles. The first-order valence-corrected chi connectivity index (χ1v) is 12.7. The number of hydrogen-bond donors (Lipinski definition) is 0. The molecule has 3 aliphatic rings. The van der Waals surface area contributed by atoms with E-state index in [0.717, 1.165) is 45.2 Å². The largest absolute Gasteiger partial charge is 0.352 e. The lowest BCUT2D eigenvalue weighted by atomic mass is 9.79. The molecule has 2 heterocycles. The van der Waals surface area contributed by atoms with Crippen molar-refractivity contribution in [1.29, 1.82) is 0 Å². The number of unbranched alkanes of at least 4 members (excludes halogenated alkanes) is 3. The predicted molar refractivity (Wildman–Crippen MR) is 117 cm³/mol. The van der Waals surface area contributed by atoms with Gasteiger partial charge in [-0.2, -0.15) is 0 Å². The van der Waals surface area contributed by atoms with E-state index in [9.17, 15) is 0 Å². The Bertz CT molecular complexity index is 405. The van der Waals surface area contributed by atoms with Crippen LogP contribution in [0.1, 0.15) is 97.3 Å². The van der Waals surface area contributed by atoms with Crippen LogP contribution in [0, 0.1) is 23.7 Å². The summed E-state index contributed by atoms with van der Waals surface area (Å²) in [4.78, 5) is 0. The molecule has 0 aromatic heterocycles. The van der Waals surface area contributed by atoms with Crippen LogP contribution in [0.5, 0.6) is 0 Å². The van der Waals surface area contributed by atoms with Gasteiger partial charge in [0.25, 0.3) is 0 Å². The van der Waals surface area contributed by atoms with Crippen molar-refractivity contribution in [3.8, 4) is 0 Å². The quantitative estimate of drug-likeness (QED) is 0.373. The molecule has 0 aromatic rings. The highest BCUT2D eigenvalue weighted by atomic mass is 16.7. The van der Waals surface area contributed by atoms with Crippen LogP contribution in [0.15, 0.2) is 0 Å². The number of ether oxygens (including phenoxy) is 4. The molecule has 0 atom stereocenters. The maximum Gasteiger partial charge on any atom is 0.160 e. The summed E-state index contributed by atoms with van der Waals surface area (Å²) < 4.78 is 24.2. The highest BCUT2D eigenvalue weighted by Crippen LogP contribution is 2.36. The van der Waals surface area contributed by atoms with E-state index in [1.54, 1.807) is 0 Å². The minimum absolute atomic E-state index is 0.0199. The average Bonchev–Trinajstić information content (AvgIpc) is 2.78. The topological polar surface area (TPSA) is 36.9 Å². The monoisotopic (exact) mass is 410 g/mol. The Kier molecular flexibility index (Phi) is 10.8. The Balaban J connectivity index is 1.24. The van der Waals surface area contributed by atoms with Gasteiger partial charge in [-0.25, -0.2) is 0 Å². The Morgan fingerprint density at radius 1 is 0.552 bits per heavy atom. The fourth-order valence-electron chi connectivity index (χ4n) is 5.21. The molecule has 3 fully saturated rings. The molecule has 1 aliphatic carbocycles. The lowest BCUT2D eigenvalue weighted by Crippen LogP contribution is -2.39. The van der Waals surface area contributed by atoms with Crippen LogP contribution in [0.4, 0.5) is 0 Å². The lowest BCUT2D eigenvalue weighted by molar-refractivity contribution is -0.236. The van der Waals surface area contributed by atoms with Gasteiger partial charge in [-0.05, 0) is 50.9 Å². The third kappa shape index (κ3) is 8.12.